The van der Waals surface area contributed by atoms with Gasteiger partial charge < -0.3 is 10.5 Å². The van der Waals surface area contributed by atoms with Gasteiger partial charge in [-0.3, -0.25) is 4.72 Å². The Morgan fingerprint density at radius 1 is 0.969 bits per heavy atom. The Morgan fingerprint density at radius 2 is 1.78 bits per heavy atom. The maximum atomic E-state index is 14.6. The quantitative estimate of drug-likeness (QED) is 0.436. The van der Waals surface area contributed by atoms with Crippen molar-refractivity contribution < 1.29 is 17.5 Å². The van der Waals surface area contributed by atoms with Crippen molar-refractivity contribution in [3.63, 3.8) is 0 Å². The van der Waals surface area contributed by atoms with Crippen LogP contribution >= 0.6 is 0 Å². The fourth-order valence-corrected chi connectivity index (χ4v) is 4.15. The van der Waals surface area contributed by atoms with E-state index < -0.39 is 15.8 Å². The number of sulfonamides is 1. The third kappa shape index (κ3) is 5.16. The highest BCUT2D eigenvalue weighted by atomic mass is 32.2. The van der Waals surface area contributed by atoms with Crippen LogP contribution in [0.3, 0.4) is 0 Å². The highest BCUT2D eigenvalue weighted by molar-refractivity contribution is 7.91. The summed E-state index contributed by atoms with van der Waals surface area (Å²) < 4.78 is 47.4. The lowest BCUT2D eigenvalue weighted by Crippen LogP contribution is -2.16. The lowest BCUT2D eigenvalue weighted by atomic mass is 10.2. The van der Waals surface area contributed by atoms with Gasteiger partial charge in [-0.05, 0) is 35.9 Å². The molecule has 4 aromatic rings. The van der Waals surface area contributed by atoms with Gasteiger partial charge in [0.2, 0.25) is 21.9 Å². The van der Waals surface area contributed by atoms with E-state index >= 15 is 0 Å². The molecule has 0 aliphatic heterocycles. The van der Waals surface area contributed by atoms with E-state index in [2.05, 4.69) is 19.7 Å². The minimum atomic E-state index is -3.80. The van der Waals surface area contributed by atoms with Crippen molar-refractivity contribution in [2.24, 2.45) is 0 Å². The van der Waals surface area contributed by atoms with Gasteiger partial charge in [-0.25, -0.2) is 27.8 Å². The fraction of sp³-hybridized carbons (Fsp3) is 0.0455. The van der Waals surface area contributed by atoms with E-state index in [-0.39, 0.29) is 29.0 Å². The van der Waals surface area contributed by atoms with Gasteiger partial charge in [-0.2, -0.15) is 0 Å². The van der Waals surface area contributed by atoms with Crippen LogP contribution in [0, 0.1) is 5.82 Å². The molecular weight excluding hydrogens is 433 g/mol. The van der Waals surface area contributed by atoms with Crippen molar-refractivity contribution in [2.75, 3.05) is 10.5 Å². The fourth-order valence-electron chi connectivity index (χ4n) is 2.94. The normalized spacial score (nSPS) is 11.2. The Bertz CT molecular complexity index is 1350. The van der Waals surface area contributed by atoms with E-state index in [1.165, 1.54) is 24.5 Å². The molecular formula is C22H18FN5O3S. The number of nitrogens with two attached hydrogens (primary N) is 1. The summed E-state index contributed by atoms with van der Waals surface area (Å²) in [6.07, 6.45) is 3.02. The number of halogens is 1. The van der Waals surface area contributed by atoms with Gasteiger partial charge in [-0.1, -0.05) is 30.3 Å². The predicted octanol–water partition coefficient (Wildman–Crippen LogP) is 3.99. The Hall–Kier alpha value is -4.05. The molecule has 2 heterocycles. The third-order valence-electron chi connectivity index (χ3n) is 4.34. The maximum absolute atomic E-state index is 14.6. The van der Waals surface area contributed by atoms with Crippen molar-refractivity contribution in [1.82, 2.24) is 15.0 Å². The summed E-state index contributed by atoms with van der Waals surface area (Å²) in [5.41, 5.74) is 7.08. The first-order chi connectivity index (χ1) is 15.4. The topological polar surface area (TPSA) is 120 Å². The van der Waals surface area contributed by atoms with Crippen molar-refractivity contribution >= 4 is 21.7 Å². The molecule has 0 saturated carbocycles. The zero-order valence-electron chi connectivity index (χ0n) is 16.6. The molecule has 2 aromatic carbocycles. The second kappa shape index (κ2) is 8.98. The molecule has 0 unspecified atom stereocenters. The second-order valence-corrected chi connectivity index (χ2v) is 8.47. The molecule has 0 fully saturated rings. The highest BCUT2D eigenvalue weighted by Gasteiger charge is 2.16. The molecule has 0 bridgehead atoms. The molecule has 4 rings (SSSR count). The molecule has 0 radical (unpaired) electrons. The molecule has 0 aliphatic rings. The molecule has 32 heavy (non-hydrogen) atoms. The van der Waals surface area contributed by atoms with E-state index in [1.807, 2.05) is 0 Å². The summed E-state index contributed by atoms with van der Waals surface area (Å²) in [6, 6.07) is 17.5. The Balaban J connectivity index is 1.54. The van der Waals surface area contributed by atoms with Crippen LogP contribution in [0.1, 0.15) is 5.56 Å². The van der Waals surface area contributed by atoms with Crippen LogP contribution in [-0.2, 0) is 15.8 Å². The minimum Gasteiger partial charge on any atom is -0.438 e. The van der Waals surface area contributed by atoms with Crippen LogP contribution < -0.4 is 15.2 Å². The summed E-state index contributed by atoms with van der Waals surface area (Å²) in [6.45, 7) is 0. The molecule has 10 heteroatoms. The minimum absolute atomic E-state index is 0.0930. The van der Waals surface area contributed by atoms with Gasteiger partial charge >= 0.3 is 0 Å². The zero-order valence-corrected chi connectivity index (χ0v) is 17.5. The molecule has 0 aliphatic carbocycles. The van der Waals surface area contributed by atoms with Gasteiger partial charge in [0.25, 0.3) is 0 Å². The number of rotatable bonds is 7. The maximum Gasteiger partial charge on any atom is 0.237 e. The number of anilines is 2. The first-order valence-electron chi connectivity index (χ1n) is 9.45. The predicted molar refractivity (Wildman–Crippen MR) is 119 cm³/mol. The first-order valence-corrected chi connectivity index (χ1v) is 11.1. The average molecular weight is 451 g/mol. The number of hydrogen-bond donors (Lipinski definition) is 2. The van der Waals surface area contributed by atoms with Gasteiger partial charge in [0.05, 0.1) is 22.7 Å². The van der Waals surface area contributed by atoms with Crippen LogP contribution in [0.4, 0.5) is 16.0 Å². The monoisotopic (exact) mass is 451 g/mol. The SMILES string of the molecule is Nc1nccc(-c2cccnc2Oc2ccc(NS(=O)(=O)Cc3ccccc3)c(F)c2)n1. The molecule has 162 valence electrons. The second-order valence-electron chi connectivity index (χ2n) is 6.75. The summed E-state index contributed by atoms with van der Waals surface area (Å²) in [7, 11) is -3.80. The van der Waals surface area contributed by atoms with Crippen LogP contribution in [0.15, 0.2) is 79.1 Å². The summed E-state index contributed by atoms with van der Waals surface area (Å²) >= 11 is 0. The van der Waals surface area contributed by atoms with E-state index in [4.69, 9.17) is 10.5 Å². The smallest absolute Gasteiger partial charge is 0.237 e. The van der Waals surface area contributed by atoms with Crippen molar-refractivity contribution in [3.8, 4) is 22.9 Å². The summed E-state index contributed by atoms with van der Waals surface area (Å²) in [5.74, 6) is -0.651. The van der Waals surface area contributed by atoms with Crippen LogP contribution in [0.5, 0.6) is 11.6 Å². The third-order valence-corrected chi connectivity index (χ3v) is 5.59. The number of nitrogen functional groups attached to an aromatic ring is 1. The lowest BCUT2D eigenvalue weighted by molar-refractivity contribution is 0.460. The van der Waals surface area contributed by atoms with Gasteiger partial charge in [0.15, 0.2) is 5.82 Å². The summed E-state index contributed by atoms with van der Waals surface area (Å²) in [4.78, 5) is 12.2. The Morgan fingerprint density at radius 3 is 2.53 bits per heavy atom. The van der Waals surface area contributed by atoms with Crippen LogP contribution in [0.25, 0.3) is 11.3 Å². The van der Waals surface area contributed by atoms with Gasteiger partial charge in [0.1, 0.15) is 5.75 Å². The Kier molecular flexibility index (Phi) is 5.95. The number of nitrogens with zero attached hydrogens (tertiary/aromatic N) is 3. The van der Waals surface area contributed by atoms with Crippen molar-refractivity contribution in [3.05, 3.63) is 90.5 Å². The standard InChI is InChI=1S/C22H18FN5O3S/c23-18-13-16(8-9-20(18)28-32(29,30)14-15-5-2-1-3-6-15)31-21-17(7-4-11-25-21)19-10-12-26-22(24)27-19/h1-13,28H,14H2,(H2,24,26,27). The number of benzene rings is 2. The van der Waals surface area contributed by atoms with Crippen molar-refractivity contribution in [1.29, 1.82) is 0 Å². The molecule has 2 aromatic heterocycles. The number of aromatic nitrogens is 3. The van der Waals surface area contributed by atoms with E-state index in [1.54, 1.807) is 48.5 Å². The van der Waals surface area contributed by atoms with Crippen LogP contribution in [0.2, 0.25) is 0 Å². The highest BCUT2D eigenvalue weighted by Crippen LogP contribution is 2.31. The first kappa shape index (κ1) is 21.2. The van der Waals surface area contributed by atoms with E-state index in [0.29, 0.717) is 16.8 Å². The Labute approximate surface area is 184 Å². The number of pyridine rings is 1. The lowest BCUT2D eigenvalue weighted by Gasteiger charge is -2.12. The van der Waals surface area contributed by atoms with Crippen molar-refractivity contribution in [2.45, 2.75) is 5.75 Å². The molecule has 0 atom stereocenters. The number of ether oxygens (including phenoxy) is 1. The molecule has 0 spiro atoms. The average Bonchev–Trinajstić information content (AvgIpc) is 2.76. The van der Waals surface area contributed by atoms with E-state index in [9.17, 15) is 12.8 Å². The number of nitrogens with one attached hydrogen (secondary N) is 1. The summed E-state index contributed by atoms with van der Waals surface area (Å²) in [5, 5.41) is 0. The number of hydrogen-bond acceptors (Lipinski definition) is 7. The van der Waals surface area contributed by atoms with Gasteiger partial charge in [0, 0.05) is 18.5 Å². The largest absolute Gasteiger partial charge is 0.438 e. The zero-order chi connectivity index (χ0) is 22.6. The van der Waals surface area contributed by atoms with E-state index in [0.717, 1.165) is 6.07 Å². The van der Waals surface area contributed by atoms with Crippen LogP contribution in [-0.4, -0.2) is 23.4 Å². The molecule has 0 amide bonds. The molecule has 0 saturated heterocycles. The molecule has 8 nitrogen and oxygen atoms in total. The molecule has 3 N–H and O–H groups in total. The van der Waals surface area contributed by atoms with Gasteiger partial charge in [-0.15, -0.1) is 0 Å².